The van der Waals surface area contributed by atoms with Crippen LogP contribution in [0.15, 0.2) is 0 Å². The van der Waals surface area contributed by atoms with Crippen LogP contribution in [0.5, 0.6) is 0 Å². The molecule has 0 aliphatic carbocycles. The fourth-order valence-electron chi connectivity index (χ4n) is 2.71. The van der Waals surface area contributed by atoms with Crippen molar-refractivity contribution in [2.45, 2.75) is 80.3 Å². The smallest absolute Gasteiger partial charge is 0.444 e. The zero-order valence-corrected chi connectivity index (χ0v) is 22.8. The molecule has 3 N–H and O–H groups in total. The van der Waals surface area contributed by atoms with E-state index in [1.54, 1.807) is 5.32 Å². The Kier molecular flexibility index (Phi) is 13.2. The van der Waals surface area contributed by atoms with Crippen molar-refractivity contribution in [3.63, 3.8) is 0 Å². The molecule has 1 amide bonds. The van der Waals surface area contributed by atoms with Gasteiger partial charge in [-0.05, 0) is 6.92 Å². The van der Waals surface area contributed by atoms with Gasteiger partial charge in [0, 0.05) is 26.3 Å². The SMILES string of the molecule is CC(COC(=O)NCC(O)CS(=O)(=O)O)(OCCC(F)(F)C(F)(F)C(C)(F)F)OCCC(F)(F)C(F)(F)C(F)(F)C(F)(F)F. The minimum absolute atomic E-state index is 0.415. The van der Waals surface area contributed by atoms with Gasteiger partial charge in [0.2, 0.25) is 0 Å². The van der Waals surface area contributed by atoms with Crippen molar-refractivity contribution in [1.82, 2.24) is 5.32 Å². The zero-order chi connectivity index (χ0) is 35.4. The number of halogens is 15. The third-order valence-electron chi connectivity index (χ3n) is 5.22. The van der Waals surface area contributed by atoms with E-state index in [0.29, 0.717) is 6.92 Å². The van der Waals surface area contributed by atoms with Crippen molar-refractivity contribution in [2.24, 2.45) is 0 Å². The topological polar surface area (TPSA) is 131 Å². The number of hydrogen-bond donors (Lipinski definition) is 3. The predicted octanol–water partition coefficient (Wildman–Crippen LogP) is 4.88. The maximum Gasteiger partial charge on any atom is 0.460 e. The van der Waals surface area contributed by atoms with Crippen LogP contribution >= 0.6 is 0 Å². The molecule has 0 saturated heterocycles. The highest BCUT2D eigenvalue weighted by atomic mass is 32.2. The Morgan fingerprint density at radius 3 is 1.52 bits per heavy atom. The molecule has 0 aromatic carbocycles. The predicted molar refractivity (Wildman–Crippen MR) is 113 cm³/mol. The highest BCUT2D eigenvalue weighted by Gasteiger charge is 2.81. The van der Waals surface area contributed by atoms with Gasteiger partial charge in [0.1, 0.15) is 12.4 Å². The van der Waals surface area contributed by atoms with Crippen molar-refractivity contribution in [1.29, 1.82) is 0 Å². The Morgan fingerprint density at radius 1 is 0.750 bits per heavy atom. The molecule has 0 aliphatic rings. The summed E-state index contributed by atoms with van der Waals surface area (Å²) in [5, 5.41) is 11.0. The molecular formula is C19H24F15NO8S. The van der Waals surface area contributed by atoms with Crippen LogP contribution in [0.25, 0.3) is 0 Å². The van der Waals surface area contributed by atoms with Gasteiger partial charge < -0.3 is 24.6 Å². The number of alkyl carbamates (subject to hydrolysis) is 1. The Balaban J connectivity index is 5.76. The van der Waals surface area contributed by atoms with E-state index < -0.39 is 122 Å². The van der Waals surface area contributed by atoms with Gasteiger partial charge in [0.05, 0.1) is 19.3 Å². The second-order valence-corrected chi connectivity index (χ2v) is 10.7. The van der Waals surface area contributed by atoms with E-state index in [1.165, 1.54) is 0 Å². The van der Waals surface area contributed by atoms with E-state index >= 15 is 0 Å². The molecule has 0 radical (unpaired) electrons. The number of ether oxygens (including phenoxy) is 3. The highest BCUT2D eigenvalue weighted by Crippen LogP contribution is 2.54. The Hall–Kier alpha value is -1.99. The fraction of sp³-hybridized carbons (Fsp3) is 0.947. The molecule has 0 bridgehead atoms. The molecule has 25 heteroatoms. The third-order valence-corrected chi connectivity index (χ3v) is 6.02. The van der Waals surface area contributed by atoms with E-state index in [0.717, 1.165) is 0 Å². The minimum atomic E-state index is -7.29. The van der Waals surface area contributed by atoms with E-state index in [9.17, 15) is 84.2 Å². The molecule has 0 spiro atoms. The Morgan fingerprint density at radius 2 is 1.16 bits per heavy atom. The summed E-state index contributed by atoms with van der Waals surface area (Å²) in [6.45, 7) is -6.51. The summed E-state index contributed by atoms with van der Waals surface area (Å²) >= 11 is 0. The van der Waals surface area contributed by atoms with E-state index in [2.05, 4.69) is 14.2 Å². The van der Waals surface area contributed by atoms with Crippen LogP contribution in [0, 0.1) is 0 Å². The number of nitrogens with one attached hydrogen (secondary N) is 1. The molecule has 0 aliphatic heterocycles. The first-order valence-electron chi connectivity index (χ1n) is 11.3. The molecule has 9 nitrogen and oxygen atoms in total. The first kappa shape index (κ1) is 42.0. The zero-order valence-electron chi connectivity index (χ0n) is 21.9. The molecule has 0 aromatic heterocycles. The number of hydrogen-bond acceptors (Lipinski definition) is 7. The Labute approximate surface area is 237 Å². The van der Waals surface area contributed by atoms with Crippen LogP contribution in [0.4, 0.5) is 70.7 Å². The van der Waals surface area contributed by atoms with E-state index in [4.69, 9.17) is 4.55 Å². The van der Waals surface area contributed by atoms with Crippen molar-refractivity contribution in [3.8, 4) is 0 Å². The molecule has 0 fully saturated rings. The van der Waals surface area contributed by atoms with Crippen LogP contribution < -0.4 is 5.32 Å². The molecule has 2 atom stereocenters. The van der Waals surface area contributed by atoms with Crippen LogP contribution in [0.2, 0.25) is 0 Å². The van der Waals surface area contributed by atoms with Gasteiger partial charge in [-0.1, -0.05) is 0 Å². The van der Waals surface area contributed by atoms with Crippen molar-refractivity contribution in [2.75, 3.05) is 32.1 Å². The molecule has 0 heterocycles. The van der Waals surface area contributed by atoms with Gasteiger partial charge in [-0.25, -0.2) is 4.79 Å². The number of carbonyl (C=O) groups is 1. The van der Waals surface area contributed by atoms with E-state index in [-0.39, 0.29) is 0 Å². The van der Waals surface area contributed by atoms with E-state index in [1.807, 2.05) is 0 Å². The lowest BCUT2D eigenvalue weighted by atomic mass is 10.0. The molecule has 0 aromatic rings. The summed E-state index contributed by atoms with van der Waals surface area (Å²) in [5.74, 6) is -41.8. The van der Waals surface area contributed by atoms with Gasteiger partial charge >= 0.3 is 47.8 Å². The van der Waals surface area contributed by atoms with Crippen LogP contribution in [-0.2, 0) is 24.3 Å². The summed E-state index contributed by atoms with van der Waals surface area (Å²) in [4.78, 5) is 11.7. The molecule has 44 heavy (non-hydrogen) atoms. The van der Waals surface area contributed by atoms with Gasteiger partial charge in [-0.2, -0.15) is 74.3 Å². The van der Waals surface area contributed by atoms with Gasteiger partial charge in [0.25, 0.3) is 10.1 Å². The van der Waals surface area contributed by atoms with Crippen LogP contribution in [-0.4, -0.2) is 110 Å². The molecule has 0 saturated carbocycles. The first-order chi connectivity index (χ1) is 19.2. The molecule has 2 unspecified atom stereocenters. The number of aliphatic hydroxyl groups excluding tert-OH is 1. The van der Waals surface area contributed by atoms with Crippen LogP contribution in [0.3, 0.4) is 0 Å². The number of carbonyl (C=O) groups excluding carboxylic acids is 1. The lowest BCUT2D eigenvalue weighted by Gasteiger charge is -2.35. The molecule has 264 valence electrons. The second-order valence-electron chi connectivity index (χ2n) is 9.21. The lowest BCUT2D eigenvalue weighted by molar-refractivity contribution is -0.398. The van der Waals surface area contributed by atoms with Crippen LogP contribution in [0.1, 0.15) is 26.7 Å². The monoisotopic (exact) mass is 711 g/mol. The molecular weight excluding hydrogens is 687 g/mol. The van der Waals surface area contributed by atoms with Crippen molar-refractivity contribution in [3.05, 3.63) is 0 Å². The molecule has 0 rings (SSSR count). The largest absolute Gasteiger partial charge is 0.460 e. The average molecular weight is 711 g/mol. The third kappa shape index (κ3) is 10.8. The summed E-state index contributed by atoms with van der Waals surface area (Å²) < 4.78 is 241. The average Bonchev–Trinajstić information content (AvgIpc) is 2.78. The van der Waals surface area contributed by atoms with Gasteiger partial charge in [-0.15, -0.1) is 0 Å². The summed E-state index contributed by atoms with van der Waals surface area (Å²) in [7, 11) is -4.77. The number of amides is 1. The van der Waals surface area contributed by atoms with Gasteiger partial charge in [-0.3, -0.25) is 4.55 Å². The first-order valence-corrected chi connectivity index (χ1v) is 12.9. The van der Waals surface area contributed by atoms with Crippen molar-refractivity contribution >= 4 is 16.2 Å². The minimum Gasteiger partial charge on any atom is -0.444 e. The maximum absolute atomic E-state index is 13.8. The number of aliphatic hydroxyl groups is 1. The fourth-order valence-corrected chi connectivity index (χ4v) is 3.31. The maximum atomic E-state index is 13.8. The summed E-state index contributed by atoms with van der Waals surface area (Å²) in [6.07, 6.45) is -15.9. The summed E-state index contributed by atoms with van der Waals surface area (Å²) in [6, 6.07) is 0. The highest BCUT2D eigenvalue weighted by molar-refractivity contribution is 7.85. The normalized spacial score (nSPS) is 16.8. The quantitative estimate of drug-likeness (QED) is 0.104. The summed E-state index contributed by atoms with van der Waals surface area (Å²) in [5.41, 5.74) is 0. The number of rotatable bonds is 18. The standard InChI is InChI=1S/C19H24F15NO8S/c1-12(9-41-11(37)35-7-10(36)8-44(38,39)40,42-5-3-14(22,23)16(26,27)13(2,20)21)43-6-4-15(24,25)17(28,29)18(30,31)19(32,33)34/h10,36H,3-9H2,1-2H3,(H,35,37)(H,38,39,40). The number of alkyl halides is 15. The van der Waals surface area contributed by atoms with Gasteiger partial charge in [0.15, 0.2) is 5.79 Å². The van der Waals surface area contributed by atoms with Crippen molar-refractivity contribution < 1.29 is 103 Å². The lowest BCUT2D eigenvalue weighted by Crippen LogP contribution is -2.61. The second kappa shape index (κ2) is 13.8. The Bertz CT molecular complexity index is 1070.